The Bertz CT molecular complexity index is 831. The molecule has 2 aromatic heterocycles. The van der Waals surface area contributed by atoms with Crippen LogP contribution in [0.25, 0.3) is 11.0 Å². The van der Waals surface area contributed by atoms with Crippen LogP contribution in [0.1, 0.15) is 13.3 Å². The highest BCUT2D eigenvalue weighted by atomic mass is 35.5. The molecule has 3 N–H and O–H groups in total. The number of rotatable bonds is 3. The van der Waals surface area contributed by atoms with Gasteiger partial charge in [-0.2, -0.15) is 0 Å². The van der Waals surface area contributed by atoms with Gasteiger partial charge in [-0.15, -0.1) is 24.8 Å². The molecule has 23 heavy (non-hydrogen) atoms. The van der Waals surface area contributed by atoms with Crippen molar-refractivity contribution in [3.63, 3.8) is 0 Å². The lowest BCUT2D eigenvalue weighted by atomic mass is 10.2. The van der Waals surface area contributed by atoms with Crippen LogP contribution >= 0.6 is 24.8 Å². The third kappa shape index (κ3) is 3.90. The molecule has 1 amide bonds. The third-order valence-electron chi connectivity index (χ3n) is 3.34. The summed E-state index contributed by atoms with van der Waals surface area (Å²) in [5.74, 6) is -0.347. The molecule has 0 aliphatic carbocycles. The fourth-order valence-electron chi connectivity index (χ4n) is 1.95. The number of nitrogens with one attached hydrogen (secondary N) is 1. The molecule has 128 valence electrons. The molecule has 0 saturated carbocycles. The zero-order chi connectivity index (χ0) is 15.7. The standard InChI is InChI=1S/C13H17N5O3.2ClH/c1-4-9(14)11(19)16-7-5-8-10(15-6-7)17(2)13(21)18(3)12(8)20;;/h5-6,9H,4,14H2,1-3H3,(H,16,19);2*1H/t9-;;/m0../s1. The van der Waals surface area contributed by atoms with Gasteiger partial charge in [-0.3, -0.25) is 18.7 Å². The lowest BCUT2D eigenvalue weighted by molar-refractivity contribution is -0.117. The van der Waals surface area contributed by atoms with Crippen molar-refractivity contribution in [2.75, 3.05) is 5.32 Å². The predicted molar refractivity (Wildman–Crippen MR) is 93.6 cm³/mol. The summed E-state index contributed by atoms with van der Waals surface area (Å²) in [5.41, 5.74) is 5.35. The second-order valence-electron chi connectivity index (χ2n) is 4.80. The van der Waals surface area contributed by atoms with E-state index in [2.05, 4.69) is 10.3 Å². The summed E-state index contributed by atoms with van der Waals surface area (Å²) in [6, 6.07) is 0.869. The summed E-state index contributed by atoms with van der Waals surface area (Å²) < 4.78 is 2.27. The van der Waals surface area contributed by atoms with Gasteiger partial charge in [0.05, 0.1) is 23.3 Å². The van der Waals surface area contributed by atoms with E-state index < -0.39 is 17.3 Å². The molecular formula is C13H19Cl2N5O3. The Morgan fingerprint density at radius 3 is 2.48 bits per heavy atom. The first-order valence-corrected chi connectivity index (χ1v) is 6.49. The second kappa shape index (κ2) is 8.09. The van der Waals surface area contributed by atoms with E-state index in [0.717, 1.165) is 4.57 Å². The summed E-state index contributed by atoms with van der Waals surface area (Å²) in [6.07, 6.45) is 1.89. The van der Waals surface area contributed by atoms with Crippen molar-refractivity contribution in [3.8, 4) is 0 Å². The molecule has 0 bridgehead atoms. The van der Waals surface area contributed by atoms with E-state index in [0.29, 0.717) is 12.1 Å². The SMILES string of the molecule is CC[C@H](N)C(=O)Nc1cnc2c(c1)c(=O)n(C)c(=O)n2C.Cl.Cl. The molecule has 2 aromatic rings. The zero-order valence-electron chi connectivity index (χ0n) is 12.9. The molecule has 8 nitrogen and oxygen atoms in total. The van der Waals surface area contributed by atoms with Crippen molar-refractivity contribution in [1.29, 1.82) is 0 Å². The predicted octanol–water partition coefficient (Wildman–Crippen LogP) is 0.152. The van der Waals surface area contributed by atoms with E-state index in [1.165, 1.54) is 30.9 Å². The maximum Gasteiger partial charge on any atom is 0.332 e. The highest BCUT2D eigenvalue weighted by Gasteiger charge is 2.14. The quantitative estimate of drug-likeness (QED) is 0.805. The lowest BCUT2D eigenvalue weighted by Crippen LogP contribution is -2.37. The van der Waals surface area contributed by atoms with Gasteiger partial charge in [-0.05, 0) is 12.5 Å². The highest BCUT2D eigenvalue weighted by Crippen LogP contribution is 2.12. The Kier molecular flexibility index (Phi) is 7.42. The molecule has 0 unspecified atom stereocenters. The van der Waals surface area contributed by atoms with Crippen molar-refractivity contribution in [3.05, 3.63) is 33.1 Å². The van der Waals surface area contributed by atoms with Crippen molar-refractivity contribution in [1.82, 2.24) is 14.1 Å². The van der Waals surface area contributed by atoms with Crippen LogP contribution in [0.2, 0.25) is 0 Å². The summed E-state index contributed by atoms with van der Waals surface area (Å²) in [6.45, 7) is 1.80. The first kappa shape index (κ1) is 21.1. The molecule has 10 heteroatoms. The number of aromatic nitrogens is 3. The molecule has 2 heterocycles. The summed E-state index contributed by atoms with van der Waals surface area (Å²) in [5, 5.41) is 2.86. The summed E-state index contributed by atoms with van der Waals surface area (Å²) in [4.78, 5) is 39.7. The fraction of sp³-hybridized carbons (Fsp3) is 0.385. The van der Waals surface area contributed by atoms with Gasteiger partial charge in [-0.1, -0.05) is 6.92 Å². The summed E-state index contributed by atoms with van der Waals surface area (Å²) in [7, 11) is 2.92. The third-order valence-corrected chi connectivity index (χ3v) is 3.34. The van der Waals surface area contributed by atoms with Crippen molar-refractivity contribution >= 4 is 47.4 Å². The fourth-order valence-corrected chi connectivity index (χ4v) is 1.95. The largest absolute Gasteiger partial charge is 0.332 e. The minimum Gasteiger partial charge on any atom is -0.323 e. The average Bonchev–Trinajstić information content (AvgIpc) is 2.49. The van der Waals surface area contributed by atoms with Gasteiger partial charge in [0.25, 0.3) is 5.56 Å². The van der Waals surface area contributed by atoms with E-state index in [1.54, 1.807) is 6.92 Å². The maximum absolute atomic E-state index is 12.1. The number of carbonyl (C=O) groups excluding carboxylic acids is 1. The Balaban J connectivity index is 0.00000242. The Labute approximate surface area is 144 Å². The number of pyridine rings is 1. The second-order valence-corrected chi connectivity index (χ2v) is 4.80. The smallest absolute Gasteiger partial charge is 0.323 e. The highest BCUT2D eigenvalue weighted by molar-refractivity contribution is 5.95. The number of aryl methyl sites for hydroxylation is 1. The first-order chi connectivity index (χ1) is 9.86. The van der Waals surface area contributed by atoms with E-state index in [9.17, 15) is 14.4 Å². The maximum atomic E-state index is 12.1. The average molecular weight is 364 g/mol. The van der Waals surface area contributed by atoms with Crippen LogP contribution in [-0.4, -0.2) is 26.1 Å². The van der Waals surface area contributed by atoms with Crippen molar-refractivity contribution in [2.45, 2.75) is 19.4 Å². The van der Waals surface area contributed by atoms with Gasteiger partial charge in [-0.25, -0.2) is 9.78 Å². The number of carbonyl (C=O) groups is 1. The van der Waals surface area contributed by atoms with Crippen LogP contribution < -0.4 is 22.3 Å². The first-order valence-electron chi connectivity index (χ1n) is 6.49. The van der Waals surface area contributed by atoms with Crippen LogP contribution in [0.15, 0.2) is 21.9 Å². The Hall–Kier alpha value is -1.90. The minimum absolute atomic E-state index is 0. The van der Waals surface area contributed by atoms with E-state index in [1.807, 2.05) is 0 Å². The summed E-state index contributed by atoms with van der Waals surface area (Å²) >= 11 is 0. The Morgan fingerprint density at radius 1 is 1.30 bits per heavy atom. The molecule has 0 aromatic carbocycles. The van der Waals surface area contributed by atoms with Crippen molar-refractivity contribution in [2.24, 2.45) is 19.8 Å². The molecule has 0 fully saturated rings. The van der Waals surface area contributed by atoms with Crippen LogP contribution in [0, 0.1) is 0 Å². The molecule has 2 rings (SSSR count). The number of hydrogen-bond acceptors (Lipinski definition) is 5. The number of nitrogens with zero attached hydrogens (tertiary/aromatic N) is 3. The van der Waals surface area contributed by atoms with Crippen molar-refractivity contribution < 1.29 is 4.79 Å². The molecular weight excluding hydrogens is 345 g/mol. The lowest BCUT2D eigenvalue weighted by Gasteiger charge is -2.11. The minimum atomic E-state index is -0.622. The van der Waals surface area contributed by atoms with Gasteiger partial charge in [0, 0.05) is 14.1 Å². The van der Waals surface area contributed by atoms with E-state index >= 15 is 0 Å². The monoisotopic (exact) mass is 363 g/mol. The van der Waals surface area contributed by atoms with E-state index in [4.69, 9.17) is 5.73 Å². The van der Waals surface area contributed by atoms with Crippen LogP contribution in [0.4, 0.5) is 5.69 Å². The Morgan fingerprint density at radius 2 is 1.91 bits per heavy atom. The number of hydrogen-bond donors (Lipinski definition) is 2. The van der Waals surface area contributed by atoms with Gasteiger partial charge in [0.2, 0.25) is 5.91 Å². The van der Waals surface area contributed by atoms with Crippen LogP contribution in [0.5, 0.6) is 0 Å². The molecule has 0 aliphatic heterocycles. The van der Waals surface area contributed by atoms with Gasteiger partial charge in [0.15, 0.2) is 0 Å². The zero-order valence-corrected chi connectivity index (χ0v) is 14.5. The topological polar surface area (TPSA) is 112 Å². The number of fused-ring (bicyclic) bond motifs is 1. The van der Waals surface area contributed by atoms with Gasteiger partial charge in [0.1, 0.15) is 5.65 Å². The number of halogens is 2. The number of nitrogens with two attached hydrogens (primary N) is 1. The van der Waals surface area contributed by atoms with Crippen LogP contribution in [-0.2, 0) is 18.9 Å². The van der Waals surface area contributed by atoms with Crippen LogP contribution in [0.3, 0.4) is 0 Å². The van der Waals surface area contributed by atoms with Gasteiger partial charge >= 0.3 is 5.69 Å². The number of amides is 1. The molecule has 0 spiro atoms. The molecule has 0 radical (unpaired) electrons. The molecule has 1 atom stereocenters. The van der Waals surface area contributed by atoms with Gasteiger partial charge < -0.3 is 11.1 Å². The van der Waals surface area contributed by atoms with E-state index in [-0.39, 0.29) is 41.8 Å². The normalized spacial score (nSPS) is 11.3. The molecule has 0 aliphatic rings. The number of anilines is 1. The molecule has 0 saturated heterocycles.